The second-order valence-electron chi connectivity index (χ2n) is 1.54. The first-order valence-electron chi connectivity index (χ1n) is 2.75. The first-order valence-corrected chi connectivity index (χ1v) is 9.07. The maximum Gasteiger partial charge on any atom is 0.643 e. The van der Waals surface area contributed by atoms with Gasteiger partial charge in [0, 0.05) is 3.57 Å². The highest BCUT2D eigenvalue weighted by Crippen LogP contribution is 1.99. The Bertz CT molecular complexity index is 178. The molecule has 0 saturated carbocycles. The van der Waals surface area contributed by atoms with Gasteiger partial charge < -0.3 is 0 Å². The molecule has 0 N–H and O–H groups in total. The second kappa shape index (κ2) is 7.97. The lowest BCUT2D eigenvalue weighted by molar-refractivity contribution is 1.65. The molecule has 0 heterocycles. The standard InChI is InChI=1S/C6H5I.Al.3ClH/c7-6-4-2-1-3-5-6;;;;/h1-5H;;3*1H/q;+3;;;/p-3. The maximum absolute atomic E-state index is 4.94. The van der Waals surface area contributed by atoms with Crippen LogP contribution >= 0.6 is 52.7 Å². The SMILES string of the molecule is Ic1ccccc1.[Cl][Al]([Cl])[Cl]. The lowest BCUT2D eigenvalue weighted by Gasteiger charge is -1.80. The summed E-state index contributed by atoms with van der Waals surface area (Å²) in [6.45, 7) is 0. The Morgan fingerprint density at radius 2 is 1.36 bits per heavy atom. The third kappa shape index (κ3) is 11.4. The summed E-state index contributed by atoms with van der Waals surface area (Å²) >= 11 is 0.558. The van der Waals surface area contributed by atoms with Crippen molar-refractivity contribution in [3.8, 4) is 0 Å². The average Bonchev–Trinajstić information content (AvgIpc) is 1.87. The van der Waals surface area contributed by atoms with Crippen molar-refractivity contribution in [2.45, 2.75) is 0 Å². The van der Waals surface area contributed by atoms with Gasteiger partial charge in [0.2, 0.25) is 0 Å². The van der Waals surface area contributed by atoms with Crippen LogP contribution in [0.3, 0.4) is 0 Å². The van der Waals surface area contributed by atoms with E-state index in [9.17, 15) is 0 Å². The third-order valence-corrected chi connectivity index (χ3v) is 1.45. The number of benzene rings is 1. The Kier molecular flexibility index (Phi) is 8.95. The van der Waals surface area contributed by atoms with Crippen LogP contribution in [-0.4, -0.2) is 11.4 Å². The van der Waals surface area contributed by atoms with Gasteiger partial charge in [-0.2, -0.15) is 0 Å². The molecule has 1 rings (SSSR count). The van der Waals surface area contributed by atoms with Crippen LogP contribution in [-0.2, 0) is 0 Å². The molecule has 1 aromatic rings. The van der Waals surface area contributed by atoms with Crippen molar-refractivity contribution in [1.82, 2.24) is 0 Å². The molecule has 0 radical (unpaired) electrons. The Labute approximate surface area is 97.0 Å². The number of hydrogen-bond donors (Lipinski definition) is 0. The fraction of sp³-hybridized carbons (Fsp3) is 0. The van der Waals surface area contributed by atoms with Gasteiger partial charge in [-0.3, -0.25) is 0 Å². The fourth-order valence-corrected chi connectivity index (χ4v) is 0.830. The minimum Gasteiger partial charge on any atom is -0.214 e. The largest absolute Gasteiger partial charge is 0.643 e. The van der Waals surface area contributed by atoms with E-state index in [-0.39, 0.29) is 0 Å². The molecule has 0 amide bonds. The van der Waals surface area contributed by atoms with E-state index in [1.54, 1.807) is 0 Å². The molecular formula is C6H5AlCl3I. The van der Waals surface area contributed by atoms with Crippen LogP contribution in [0.15, 0.2) is 30.3 Å². The molecular weight excluding hydrogens is 332 g/mol. The molecule has 0 nitrogen and oxygen atoms in total. The van der Waals surface area contributed by atoms with Crippen molar-refractivity contribution in [3.63, 3.8) is 0 Å². The van der Waals surface area contributed by atoms with Crippen molar-refractivity contribution >= 4 is 64.1 Å². The molecule has 0 aliphatic rings. The van der Waals surface area contributed by atoms with Gasteiger partial charge in [0.15, 0.2) is 0 Å². The lowest BCUT2D eigenvalue weighted by atomic mass is 10.4. The van der Waals surface area contributed by atoms with Crippen LogP contribution in [0.4, 0.5) is 0 Å². The molecule has 0 saturated heterocycles. The van der Waals surface area contributed by atoms with Crippen molar-refractivity contribution in [2.24, 2.45) is 0 Å². The third-order valence-electron chi connectivity index (χ3n) is 0.733. The predicted molar refractivity (Wildman–Crippen MR) is 62.5 cm³/mol. The quantitative estimate of drug-likeness (QED) is 0.496. The molecule has 5 heteroatoms. The molecule has 60 valence electrons. The predicted octanol–water partition coefficient (Wildman–Crippen LogP) is 3.98. The molecule has 0 bridgehead atoms. The summed E-state index contributed by atoms with van der Waals surface area (Å²) in [6.07, 6.45) is 0. The van der Waals surface area contributed by atoms with Crippen LogP contribution in [0.1, 0.15) is 0 Å². The van der Waals surface area contributed by atoms with E-state index in [1.807, 2.05) is 18.2 Å². The van der Waals surface area contributed by atoms with Gasteiger partial charge in [0.1, 0.15) is 0 Å². The molecule has 0 aromatic heterocycles. The van der Waals surface area contributed by atoms with Gasteiger partial charge in [-0.15, -0.1) is 0 Å². The van der Waals surface area contributed by atoms with Crippen molar-refractivity contribution < 1.29 is 0 Å². The molecule has 0 atom stereocenters. The first-order chi connectivity index (χ1) is 5.13. The van der Waals surface area contributed by atoms with Crippen LogP contribution in [0.25, 0.3) is 0 Å². The monoisotopic (exact) mass is 336 g/mol. The fourth-order valence-electron chi connectivity index (χ4n) is 0.415. The Balaban J connectivity index is 0.000000218. The zero-order valence-corrected chi connectivity index (χ0v) is 11.1. The van der Waals surface area contributed by atoms with E-state index in [2.05, 4.69) is 34.7 Å². The highest BCUT2D eigenvalue weighted by atomic mass is 127. The smallest absolute Gasteiger partial charge is 0.214 e. The molecule has 0 spiro atoms. The van der Waals surface area contributed by atoms with E-state index >= 15 is 0 Å². The Morgan fingerprint density at radius 3 is 1.55 bits per heavy atom. The first kappa shape index (κ1) is 12.4. The van der Waals surface area contributed by atoms with Gasteiger partial charge in [0.05, 0.1) is 0 Å². The average molecular weight is 337 g/mol. The molecule has 0 aliphatic carbocycles. The van der Waals surface area contributed by atoms with Crippen molar-refractivity contribution in [3.05, 3.63) is 33.9 Å². The lowest BCUT2D eigenvalue weighted by Crippen LogP contribution is -1.66. The zero-order valence-electron chi connectivity index (χ0n) is 5.48. The summed E-state index contributed by atoms with van der Waals surface area (Å²) in [5.74, 6) is 0. The summed E-state index contributed by atoms with van der Waals surface area (Å²) in [5, 5.41) is 0. The summed E-state index contributed by atoms with van der Waals surface area (Å²) in [5.41, 5.74) is 0. The summed E-state index contributed by atoms with van der Waals surface area (Å²) in [7, 11) is 14.8. The van der Waals surface area contributed by atoms with Crippen LogP contribution in [0, 0.1) is 3.57 Å². The summed E-state index contributed by atoms with van der Waals surface area (Å²) in [4.78, 5) is 0. The zero-order chi connectivity index (χ0) is 8.69. The van der Waals surface area contributed by atoms with Gasteiger partial charge >= 0.3 is 11.4 Å². The number of rotatable bonds is 0. The van der Waals surface area contributed by atoms with E-state index in [0.29, 0.717) is 0 Å². The van der Waals surface area contributed by atoms with Gasteiger partial charge in [-0.1, -0.05) is 18.2 Å². The second-order valence-corrected chi connectivity index (χ2v) is 9.22. The minimum atomic E-state index is -1.72. The molecule has 0 aliphatic heterocycles. The summed E-state index contributed by atoms with van der Waals surface area (Å²) in [6, 6.07) is 10.2. The highest BCUT2D eigenvalue weighted by molar-refractivity contribution is 14.1. The van der Waals surface area contributed by atoms with Crippen molar-refractivity contribution in [2.75, 3.05) is 0 Å². The number of hydrogen-bond acceptors (Lipinski definition) is 0. The molecule has 0 unspecified atom stereocenters. The number of halogens is 4. The Hall–Kier alpha value is 1.35. The molecule has 0 fully saturated rings. The summed E-state index contributed by atoms with van der Waals surface area (Å²) < 4.78 is 1.29. The van der Waals surface area contributed by atoms with Crippen molar-refractivity contribution in [1.29, 1.82) is 0 Å². The topological polar surface area (TPSA) is 0 Å². The van der Waals surface area contributed by atoms with E-state index in [0.717, 1.165) is 0 Å². The van der Waals surface area contributed by atoms with Crippen LogP contribution in [0.2, 0.25) is 0 Å². The molecule has 1 aromatic carbocycles. The van der Waals surface area contributed by atoms with E-state index < -0.39 is 11.4 Å². The Morgan fingerprint density at radius 1 is 1.00 bits per heavy atom. The van der Waals surface area contributed by atoms with Crippen LogP contribution < -0.4 is 0 Å². The van der Waals surface area contributed by atoms with Crippen LogP contribution in [0.5, 0.6) is 0 Å². The van der Waals surface area contributed by atoms with Gasteiger partial charge in [0.25, 0.3) is 0 Å². The van der Waals surface area contributed by atoms with Gasteiger partial charge in [-0.25, -0.2) is 30.1 Å². The molecule has 11 heavy (non-hydrogen) atoms. The van der Waals surface area contributed by atoms with Gasteiger partial charge in [-0.05, 0) is 34.7 Å². The minimum absolute atomic E-state index is 1.29. The maximum atomic E-state index is 4.94. The highest BCUT2D eigenvalue weighted by Gasteiger charge is 2.00. The normalized spacial score (nSPS) is 8.00. The van der Waals surface area contributed by atoms with E-state index in [4.69, 9.17) is 30.1 Å². The van der Waals surface area contributed by atoms with E-state index in [1.165, 1.54) is 3.57 Å².